The minimum Gasteiger partial charge on any atom is -0.464 e. The maximum absolute atomic E-state index is 5.70. The second kappa shape index (κ2) is 4.11. The fraction of sp³-hybridized carbons (Fsp3) is 0.364. The molecule has 0 N–H and O–H groups in total. The van der Waals surface area contributed by atoms with E-state index >= 15 is 0 Å². The predicted octanol–water partition coefficient (Wildman–Crippen LogP) is 3.13. The molecule has 0 aromatic carbocycles. The van der Waals surface area contributed by atoms with Gasteiger partial charge in [-0.3, -0.25) is 0 Å². The summed E-state index contributed by atoms with van der Waals surface area (Å²) in [6.07, 6.45) is 3.72. The SMILES string of the molecule is Cc1ccc(C(C)n2cnc(CCl)c2)o1. The van der Waals surface area contributed by atoms with E-state index in [0.29, 0.717) is 5.88 Å². The van der Waals surface area contributed by atoms with Gasteiger partial charge in [-0.25, -0.2) is 4.98 Å². The van der Waals surface area contributed by atoms with E-state index < -0.39 is 0 Å². The molecule has 2 aromatic heterocycles. The second-order valence-electron chi connectivity index (χ2n) is 3.57. The van der Waals surface area contributed by atoms with Crippen molar-refractivity contribution in [3.8, 4) is 0 Å². The highest BCUT2D eigenvalue weighted by atomic mass is 35.5. The van der Waals surface area contributed by atoms with Crippen LogP contribution in [0.25, 0.3) is 0 Å². The third kappa shape index (κ3) is 2.07. The van der Waals surface area contributed by atoms with E-state index in [9.17, 15) is 0 Å². The molecule has 2 heterocycles. The molecule has 0 saturated heterocycles. The summed E-state index contributed by atoms with van der Waals surface area (Å²) in [7, 11) is 0. The number of hydrogen-bond donors (Lipinski definition) is 0. The van der Waals surface area contributed by atoms with Crippen molar-refractivity contribution in [2.45, 2.75) is 25.8 Å². The molecule has 3 nitrogen and oxygen atoms in total. The summed E-state index contributed by atoms with van der Waals surface area (Å²) in [5.41, 5.74) is 0.881. The molecule has 0 bridgehead atoms. The number of aromatic nitrogens is 2. The average Bonchev–Trinajstić information content (AvgIpc) is 2.84. The Labute approximate surface area is 93.7 Å². The number of rotatable bonds is 3. The van der Waals surface area contributed by atoms with Crippen LogP contribution in [0.3, 0.4) is 0 Å². The van der Waals surface area contributed by atoms with E-state index in [1.807, 2.05) is 29.8 Å². The van der Waals surface area contributed by atoms with Crippen molar-refractivity contribution in [3.63, 3.8) is 0 Å². The fourth-order valence-corrected chi connectivity index (χ4v) is 1.62. The van der Waals surface area contributed by atoms with E-state index in [1.165, 1.54) is 0 Å². The molecule has 4 heteroatoms. The Morgan fingerprint density at radius 2 is 2.33 bits per heavy atom. The first kappa shape index (κ1) is 10.3. The number of aryl methyl sites for hydroxylation is 1. The lowest BCUT2D eigenvalue weighted by Crippen LogP contribution is -2.02. The van der Waals surface area contributed by atoms with Crippen molar-refractivity contribution in [3.05, 3.63) is 41.9 Å². The van der Waals surface area contributed by atoms with Crippen molar-refractivity contribution in [2.75, 3.05) is 0 Å². The molecule has 0 aliphatic heterocycles. The van der Waals surface area contributed by atoms with Gasteiger partial charge in [0.1, 0.15) is 11.5 Å². The van der Waals surface area contributed by atoms with Gasteiger partial charge in [0.15, 0.2) is 0 Å². The van der Waals surface area contributed by atoms with Crippen molar-refractivity contribution >= 4 is 11.6 Å². The minimum atomic E-state index is 0.156. The lowest BCUT2D eigenvalue weighted by Gasteiger charge is -2.09. The lowest BCUT2D eigenvalue weighted by atomic mass is 10.2. The zero-order valence-corrected chi connectivity index (χ0v) is 9.53. The summed E-state index contributed by atoms with van der Waals surface area (Å²) in [4.78, 5) is 4.18. The Kier molecular flexibility index (Phi) is 2.82. The highest BCUT2D eigenvalue weighted by Gasteiger charge is 2.11. The van der Waals surface area contributed by atoms with Crippen LogP contribution in [0.5, 0.6) is 0 Å². The molecule has 0 fully saturated rings. The Balaban J connectivity index is 2.23. The highest BCUT2D eigenvalue weighted by Crippen LogP contribution is 2.20. The van der Waals surface area contributed by atoms with Gasteiger partial charge in [-0.05, 0) is 26.0 Å². The van der Waals surface area contributed by atoms with Crippen LogP contribution in [0.15, 0.2) is 29.1 Å². The van der Waals surface area contributed by atoms with Crippen LogP contribution in [0, 0.1) is 6.92 Å². The Bertz CT molecular complexity index is 447. The zero-order valence-electron chi connectivity index (χ0n) is 8.77. The number of halogens is 1. The molecule has 2 aromatic rings. The summed E-state index contributed by atoms with van der Waals surface area (Å²) in [5, 5.41) is 0. The second-order valence-corrected chi connectivity index (χ2v) is 3.84. The lowest BCUT2D eigenvalue weighted by molar-refractivity contribution is 0.429. The van der Waals surface area contributed by atoms with E-state index in [1.54, 1.807) is 6.33 Å². The fourth-order valence-electron chi connectivity index (χ4n) is 1.49. The predicted molar refractivity (Wildman–Crippen MR) is 59.0 cm³/mol. The molecule has 80 valence electrons. The van der Waals surface area contributed by atoms with Gasteiger partial charge < -0.3 is 8.98 Å². The number of imidazole rings is 1. The molecule has 0 aliphatic rings. The van der Waals surface area contributed by atoms with Gasteiger partial charge in [0, 0.05) is 6.20 Å². The molecule has 0 aliphatic carbocycles. The summed E-state index contributed by atoms with van der Waals surface area (Å²) in [6, 6.07) is 4.11. The van der Waals surface area contributed by atoms with E-state index in [4.69, 9.17) is 16.0 Å². The van der Waals surface area contributed by atoms with Gasteiger partial charge in [-0.1, -0.05) is 0 Å². The Morgan fingerprint density at radius 1 is 1.53 bits per heavy atom. The monoisotopic (exact) mass is 224 g/mol. The van der Waals surface area contributed by atoms with Crippen LogP contribution in [0.1, 0.15) is 30.2 Å². The van der Waals surface area contributed by atoms with Gasteiger partial charge in [-0.2, -0.15) is 0 Å². The number of alkyl halides is 1. The standard InChI is InChI=1S/C11H13ClN2O/c1-8-3-4-11(15-8)9(2)14-6-10(5-12)13-7-14/h3-4,6-7,9H,5H2,1-2H3. The highest BCUT2D eigenvalue weighted by molar-refractivity contribution is 6.16. The van der Waals surface area contributed by atoms with E-state index in [2.05, 4.69) is 11.9 Å². The maximum atomic E-state index is 5.70. The number of nitrogens with zero attached hydrogens (tertiary/aromatic N) is 2. The van der Waals surface area contributed by atoms with Gasteiger partial charge in [0.25, 0.3) is 0 Å². The summed E-state index contributed by atoms with van der Waals surface area (Å²) >= 11 is 5.70. The van der Waals surface area contributed by atoms with Crippen LogP contribution in [0.4, 0.5) is 0 Å². The van der Waals surface area contributed by atoms with Gasteiger partial charge >= 0.3 is 0 Å². The molecule has 0 radical (unpaired) electrons. The first-order valence-electron chi connectivity index (χ1n) is 4.85. The summed E-state index contributed by atoms with van der Waals surface area (Å²) in [5.74, 6) is 2.30. The molecule has 0 amide bonds. The maximum Gasteiger partial charge on any atom is 0.126 e. The van der Waals surface area contributed by atoms with Crippen LogP contribution < -0.4 is 0 Å². The Morgan fingerprint density at radius 3 is 2.87 bits per heavy atom. The molecule has 0 spiro atoms. The van der Waals surface area contributed by atoms with Gasteiger partial charge in [0.2, 0.25) is 0 Å². The third-order valence-electron chi connectivity index (χ3n) is 2.41. The number of furan rings is 1. The van der Waals surface area contributed by atoms with Crippen LogP contribution >= 0.6 is 11.6 Å². The molecule has 1 unspecified atom stereocenters. The van der Waals surface area contributed by atoms with Crippen molar-refractivity contribution in [1.29, 1.82) is 0 Å². The van der Waals surface area contributed by atoms with Crippen LogP contribution in [0.2, 0.25) is 0 Å². The van der Waals surface area contributed by atoms with Crippen LogP contribution in [-0.4, -0.2) is 9.55 Å². The van der Waals surface area contributed by atoms with E-state index in [-0.39, 0.29) is 6.04 Å². The van der Waals surface area contributed by atoms with Gasteiger partial charge in [0.05, 0.1) is 23.9 Å². The first-order valence-corrected chi connectivity index (χ1v) is 5.39. The molecular formula is C11H13ClN2O. The number of hydrogen-bond acceptors (Lipinski definition) is 2. The van der Waals surface area contributed by atoms with Crippen LogP contribution in [-0.2, 0) is 5.88 Å². The third-order valence-corrected chi connectivity index (χ3v) is 2.69. The van der Waals surface area contributed by atoms with Crippen molar-refractivity contribution in [1.82, 2.24) is 9.55 Å². The minimum absolute atomic E-state index is 0.156. The smallest absolute Gasteiger partial charge is 0.126 e. The van der Waals surface area contributed by atoms with Crippen molar-refractivity contribution < 1.29 is 4.42 Å². The average molecular weight is 225 g/mol. The molecule has 0 saturated carbocycles. The molecule has 15 heavy (non-hydrogen) atoms. The molecular weight excluding hydrogens is 212 g/mol. The van der Waals surface area contributed by atoms with E-state index in [0.717, 1.165) is 17.2 Å². The topological polar surface area (TPSA) is 31.0 Å². The molecule has 2 rings (SSSR count). The summed E-state index contributed by atoms with van der Waals surface area (Å²) in [6.45, 7) is 4.01. The largest absolute Gasteiger partial charge is 0.464 e. The van der Waals surface area contributed by atoms with Gasteiger partial charge in [-0.15, -0.1) is 11.6 Å². The molecule has 1 atom stereocenters. The summed E-state index contributed by atoms with van der Waals surface area (Å²) < 4.78 is 7.56. The Hall–Kier alpha value is -1.22. The normalized spacial score (nSPS) is 13.0. The first-order chi connectivity index (χ1) is 7.20. The quantitative estimate of drug-likeness (QED) is 0.750. The van der Waals surface area contributed by atoms with Crippen molar-refractivity contribution in [2.24, 2.45) is 0 Å². The zero-order chi connectivity index (χ0) is 10.8.